The van der Waals surface area contributed by atoms with Gasteiger partial charge in [-0.25, -0.2) is 6.57 Å². The summed E-state index contributed by atoms with van der Waals surface area (Å²) in [4.78, 5) is 41.6. The molecule has 0 spiro atoms. The van der Waals surface area contributed by atoms with Gasteiger partial charge in [0.1, 0.15) is 6.04 Å². The molecular weight excluding hydrogens is 430 g/mol. The first-order valence-electron chi connectivity index (χ1n) is 11.6. The van der Waals surface area contributed by atoms with Gasteiger partial charge in [0.05, 0.1) is 12.1 Å². The topological polar surface area (TPSA) is 106 Å². The van der Waals surface area contributed by atoms with Crippen LogP contribution in [-0.4, -0.2) is 70.7 Å². The summed E-state index contributed by atoms with van der Waals surface area (Å²) in [5.41, 5.74) is 1.48. The van der Waals surface area contributed by atoms with Gasteiger partial charge in [0, 0.05) is 36.9 Å². The fourth-order valence-corrected chi connectivity index (χ4v) is 4.38. The molecule has 2 aliphatic heterocycles. The smallest absolute Gasteiger partial charge is 0.341 e. The van der Waals surface area contributed by atoms with Gasteiger partial charge in [-0.2, -0.15) is 5.26 Å². The standard InChI is InChI=1S/C25H27N7O2/c1-27-22(16-26)24(29-19-9-10-20-18(15-19)7-6-11-28-20)30-21-8-2-3-14-32(25(21)34)17-23(33)31-12-4-5-13-31/h6-7,9-11,15,21-22H,2-5,8,12-14,17H2,(H,29,30). The summed E-state index contributed by atoms with van der Waals surface area (Å²) < 4.78 is 0. The molecule has 9 heteroatoms. The number of carbonyl (C=O) groups is 2. The summed E-state index contributed by atoms with van der Waals surface area (Å²) >= 11 is 0. The second-order valence-electron chi connectivity index (χ2n) is 8.57. The molecule has 2 unspecified atom stereocenters. The monoisotopic (exact) mass is 457 g/mol. The van der Waals surface area contributed by atoms with Gasteiger partial charge in [-0.3, -0.25) is 24.4 Å². The zero-order valence-corrected chi connectivity index (χ0v) is 19.0. The van der Waals surface area contributed by atoms with Crippen molar-refractivity contribution in [3.63, 3.8) is 0 Å². The van der Waals surface area contributed by atoms with Crippen LogP contribution in [0.3, 0.4) is 0 Å². The maximum Gasteiger partial charge on any atom is 0.363 e. The van der Waals surface area contributed by atoms with Gasteiger partial charge in [-0.15, -0.1) is 0 Å². The molecule has 2 saturated heterocycles. The highest BCUT2D eigenvalue weighted by Crippen LogP contribution is 2.20. The summed E-state index contributed by atoms with van der Waals surface area (Å²) in [6.45, 7) is 9.50. The molecule has 1 N–H and O–H groups in total. The van der Waals surface area contributed by atoms with Crippen molar-refractivity contribution in [2.75, 3.05) is 31.5 Å². The Bertz CT molecular complexity index is 1160. The molecule has 0 aliphatic carbocycles. The van der Waals surface area contributed by atoms with Crippen LogP contribution in [-0.2, 0) is 9.59 Å². The number of aromatic nitrogens is 1. The largest absolute Gasteiger partial charge is 0.363 e. The van der Waals surface area contributed by atoms with Crippen LogP contribution in [0.5, 0.6) is 0 Å². The Kier molecular flexibility index (Phi) is 7.34. The maximum atomic E-state index is 13.3. The summed E-state index contributed by atoms with van der Waals surface area (Å²) in [7, 11) is 0. The average Bonchev–Trinajstić information content (AvgIpc) is 3.35. The van der Waals surface area contributed by atoms with Crippen LogP contribution >= 0.6 is 0 Å². The van der Waals surface area contributed by atoms with Crippen molar-refractivity contribution in [2.24, 2.45) is 4.99 Å². The van der Waals surface area contributed by atoms with Crippen LogP contribution in [0.1, 0.15) is 32.1 Å². The van der Waals surface area contributed by atoms with Gasteiger partial charge in [0.15, 0.2) is 6.07 Å². The van der Waals surface area contributed by atoms with Crippen LogP contribution in [0.15, 0.2) is 41.5 Å². The highest BCUT2D eigenvalue weighted by Gasteiger charge is 2.32. The van der Waals surface area contributed by atoms with Gasteiger partial charge in [0.2, 0.25) is 17.6 Å². The van der Waals surface area contributed by atoms with E-state index in [4.69, 9.17) is 6.57 Å². The van der Waals surface area contributed by atoms with Crippen LogP contribution in [0.2, 0.25) is 0 Å². The van der Waals surface area contributed by atoms with Crippen molar-refractivity contribution >= 4 is 34.2 Å². The molecule has 4 rings (SSSR count). The zero-order chi connectivity index (χ0) is 23.9. The molecule has 34 heavy (non-hydrogen) atoms. The zero-order valence-electron chi connectivity index (χ0n) is 19.0. The van der Waals surface area contributed by atoms with E-state index in [2.05, 4.69) is 20.1 Å². The minimum absolute atomic E-state index is 0.0327. The van der Waals surface area contributed by atoms with Crippen LogP contribution < -0.4 is 5.32 Å². The van der Waals surface area contributed by atoms with E-state index in [-0.39, 0.29) is 24.2 Å². The Balaban J connectivity index is 1.57. The van der Waals surface area contributed by atoms with Gasteiger partial charge in [-0.05, 0) is 56.4 Å². The molecule has 3 heterocycles. The number of hydrogen-bond acceptors (Lipinski definition) is 5. The third-order valence-corrected chi connectivity index (χ3v) is 6.22. The normalized spacial score (nSPS) is 19.9. The number of amidine groups is 1. The van der Waals surface area contributed by atoms with Crippen molar-refractivity contribution in [3.8, 4) is 6.07 Å². The number of benzene rings is 1. The van der Waals surface area contributed by atoms with E-state index in [0.29, 0.717) is 18.7 Å². The number of fused-ring (bicyclic) bond motifs is 1. The van der Waals surface area contributed by atoms with E-state index in [0.717, 1.165) is 49.7 Å². The summed E-state index contributed by atoms with van der Waals surface area (Å²) in [6.07, 6.45) is 5.78. The number of carbonyl (C=O) groups excluding carboxylic acids is 2. The Morgan fingerprint density at radius 2 is 2.06 bits per heavy atom. The summed E-state index contributed by atoms with van der Waals surface area (Å²) in [5, 5.41) is 13.6. The number of amides is 2. The number of rotatable bonds is 5. The first-order valence-corrected chi connectivity index (χ1v) is 11.6. The number of anilines is 1. The summed E-state index contributed by atoms with van der Waals surface area (Å²) in [6, 6.07) is 9.33. The van der Waals surface area contributed by atoms with Gasteiger partial charge in [-0.1, -0.05) is 6.07 Å². The number of nitriles is 1. The van der Waals surface area contributed by atoms with E-state index in [1.807, 2.05) is 35.2 Å². The molecule has 1 aromatic heterocycles. The Morgan fingerprint density at radius 3 is 2.82 bits per heavy atom. The Hall–Kier alpha value is -3.98. The molecular formula is C25H27N7O2. The first kappa shape index (κ1) is 23.2. The third-order valence-electron chi connectivity index (χ3n) is 6.22. The number of likely N-dealkylation sites (tertiary alicyclic amines) is 2. The molecule has 1 aromatic carbocycles. The Labute approximate surface area is 198 Å². The minimum atomic E-state index is -1.17. The summed E-state index contributed by atoms with van der Waals surface area (Å²) in [5.74, 6) is -0.116. The highest BCUT2D eigenvalue weighted by atomic mass is 16.2. The first-order chi connectivity index (χ1) is 16.6. The predicted molar refractivity (Wildman–Crippen MR) is 129 cm³/mol. The molecule has 0 radical (unpaired) electrons. The maximum absolute atomic E-state index is 13.3. The third kappa shape index (κ3) is 5.32. The van der Waals surface area contributed by atoms with E-state index < -0.39 is 12.1 Å². The van der Waals surface area contributed by atoms with Crippen molar-refractivity contribution < 1.29 is 9.59 Å². The fraction of sp³-hybridized carbons (Fsp3) is 0.440. The van der Waals surface area contributed by atoms with Crippen molar-refractivity contribution in [1.29, 1.82) is 5.26 Å². The Morgan fingerprint density at radius 1 is 1.26 bits per heavy atom. The predicted octanol–water partition coefficient (Wildman–Crippen LogP) is 2.86. The second-order valence-corrected chi connectivity index (χ2v) is 8.57. The van der Waals surface area contributed by atoms with Crippen molar-refractivity contribution in [3.05, 3.63) is 47.9 Å². The quantitative estimate of drug-likeness (QED) is 0.422. The number of aliphatic imine (C=N–C) groups is 1. The van der Waals surface area contributed by atoms with Gasteiger partial charge in [0.25, 0.3) is 0 Å². The number of pyridine rings is 1. The van der Waals surface area contributed by atoms with E-state index >= 15 is 0 Å². The molecule has 2 amide bonds. The fourth-order valence-electron chi connectivity index (χ4n) is 4.38. The van der Waals surface area contributed by atoms with Crippen molar-refractivity contribution in [2.45, 2.75) is 44.2 Å². The number of nitrogens with zero attached hydrogens (tertiary/aromatic N) is 6. The molecule has 2 aromatic rings. The molecule has 0 bridgehead atoms. The number of nitrogens with one attached hydrogen (secondary N) is 1. The lowest BCUT2D eigenvalue weighted by atomic mass is 10.1. The molecule has 0 saturated carbocycles. The van der Waals surface area contributed by atoms with Crippen LogP contribution in [0.25, 0.3) is 15.7 Å². The van der Waals surface area contributed by atoms with Gasteiger partial charge >= 0.3 is 6.04 Å². The van der Waals surface area contributed by atoms with Gasteiger partial charge < -0.3 is 15.1 Å². The van der Waals surface area contributed by atoms with Crippen LogP contribution in [0.4, 0.5) is 5.69 Å². The van der Waals surface area contributed by atoms with Crippen molar-refractivity contribution in [1.82, 2.24) is 14.8 Å². The minimum Gasteiger partial charge on any atom is -0.341 e. The lowest BCUT2D eigenvalue weighted by Gasteiger charge is -2.25. The highest BCUT2D eigenvalue weighted by molar-refractivity contribution is 6.04. The average molecular weight is 458 g/mol. The molecule has 2 fully saturated rings. The van der Waals surface area contributed by atoms with E-state index in [9.17, 15) is 14.9 Å². The van der Waals surface area contributed by atoms with Crippen LogP contribution in [0, 0.1) is 17.9 Å². The molecule has 2 atom stereocenters. The molecule has 9 nitrogen and oxygen atoms in total. The molecule has 2 aliphatic rings. The SMILES string of the molecule is [C-]#[N+]C(C#N)C(=NC1CCCCN(CC(=O)N2CCCC2)C1=O)Nc1ccc2ncccc2c1. The lowest BCUT2D eigenvalue weighted by Crippen LogP contribution is -2.45. The van der Waals surface area contributed by atoms with E-state index in [1.165, 1.54) is 0 Å². The number of hydrogen-bond donors (Lipinski definition) is 1. The molecule has 174 valence electrons. The van der Waals surface area contributed by atoms with E-state index in [1.54, 1.807) is 17.2 Å². The second kappa shape index (κ2) is 10.8. The lowest BCUT2D eigenvalue weighted by molar-refractivity contribution is -0.140.